The normalized spacial score (nSPS) is 41.7. The summed E-state index contributed by atoms with van der Waals surface area (Å²) in [6.07, 6.45) is 10.5. The first kappa shape index (κ1) is 13.9. The summed E-state index contributed by atoms with van der Waals surface area (Å²) in [4.78, 5) is 0. The Morgan fingerprint density at radius 1 is 1.05 bits per heavy atom. The van der Waals surface area contributed by atoms with Gasteiger partial charge in [-0.05, 0) is 81.6 Å². The van der Waals surface area contributed by atoms with Crippen LogP contribution >= 0.6 is 0 Å². The smallest absolute Gasteiger partial charge is 0.0164 e. The second-order valence-corrected chi connectivity index (χ2v) is 7.90. The molecule has 0 aliphatic heterocycles. The average Bonchev–Trinajstić information content (AvgIpc) is 2.35. The molecule has 0 heterocycles. The van der Waals surface area contributed by atoms with Gasteiger partial charge in [0.2, 0.25) is 0 Å². The minimum absolute atomic E-state index is 0.625. The fraction of sp³-hybridized carbons (Fsp3) is 1.00. The lowest BCUT2D eigenvalue weighted by Crippen LogP contribution is -2.52. The third-order valence-electron chi connectivity index (χ3n) is 5.87. The van der Waals surface area contributed by atoms with Gasteiger partial charge in [-0.3, -0.25) is 0 Å². The van der Waals surface area contributed by atoms with E-state index in [0.717, 1.165) is 30.8 Å². The zero-order chi connectivity index (χ0) is 13.3. The van der Waals surface area contributed by atoms with E-state index in [9.17, 15) is 0 Å². The van der Waals surface area contributed by atoms with Crippen LogP contribution in [0.1, 0.15) is 58.8 Å². The molecule has 4 aliphatic carbocycles. The summed E-state index contributed by atoms with van der Waals surface area (Å²) in [5, 5.41) is 7.37. The molecule has 2 heteroatoms. The second-order valence-electron chi connectivity index (χ2n) is 7.90. The van der Waals surface area contributed by atoms with Gasteiger partial charge in [0, 0.05) is 19.1 Å². The molecule has 0 aromatic rings. The van der Waals surface area contributed by atoms with Crippen molar-refractivity contribution in [1.82, 2.24) is 10.6 Å². The van der Waals surface area contributed by atoms with Crippen LogP contribution in [0.2, 0.25) is 0 Å². The van der Waals surface area contributed by atoms with Gasteiger partial charge in [-0.1, -0.05) is 6.92 Å². The number of nitrogens with one attached hydrogen (secondary N) is 2. The molecule has 4 saturated carbocycles. The van der Waals surface area contributed by atoms with E-state index in [1.807, 2.05) is 0 Å². The molecule has 0 radical (unpaired) electrons. The van der Waals surface area contributed by atoms with E-state index < -0.39 is 0 Å². The van der Waals surface area contributed by atoms with Gasteiger partial charge in [-0.25, -0.2) is 0 Å². The molecule has 4 aliphatic rings. The molecule has 110 valence electrons. The molecule has 1 atom stereocenters. The highest BCUT2D eigenvalue weighted by molar-refractivity contribution is 5.02. The zero-order valence-electron chi connectivity index (χ0n) is 12.9. The van der Waals surface area contributed by atoms with Gasteiger partial charge in [0.05, 0.1) is 0 Å². The quantitative estimate of drug-likeness (QED) is 0.690. The van der Waals surface area contributed by atoms with E-state index >= 15 is 0 Å². The van der Waals surface area contributed by atoms with Gasteiger partial charge in [-0.15, -0.1) is 0 Å². The van der Waals surface area contributed by atoms with Crippen molar-refractivity contribution in [1.29, 1.82) is 0 Å². The summed E-state index contributed by atoms with van der Waals surface area (Å²) in [5.41, 5.74) is 0.688. The Morgan fingerprint density at radius 3 is 2.16 bits per heavy atom. The molecule has 0 aromatic carbocycles. The van der Waals surface area contributed by atoms with Gasteiger partial charge in [-0.2, -0.15) is 0 Å². The van der Waals surface area contributed by atoms with E-state index in [1.165, 1.54) is 32.2 Å². The van der Waals surface area contributed by atoms with Crippen LogP contribution in [0.15, 0.2) is 0 Å². The second kappa shape index (κ2) is 5.73. The standard InChI is InChI=1S/C17H32N2/c1-3-4-18-11-13(2)19-12-17-8-14-5-15(9-17)7-16(6-14)10-17/h13-16,18-19H,3-12H2,1-2H3. The third kappa shape index (κ3) is 3.16. The predicted molar refractivity (Wildman–Crippen MR) is 81.2 cm³/mol. The largest absolute Gasteiger partial charge is 0.315 e. The molecule has 2 N–H and O–H groups in total. The van der Waals surface area contributed by atoms with E-state index in [1.54, 1.807) is 19.3 Å². The molecular formula is C17H32N2. The summed E-state index contributed by atoms with van der Waals surface area (Å²) >= 11 is 0. The Labute approximate surface area is 119 Å². The average molecular weight is 264 g/mol. The molecule has 4 rings (SSSR count). The first-order valence-corrected chi connectivity index (χ1v) is 8.63. The Hall–Kier alpha value is -0.0800. The lowest BCUT2D eigenvalue weighted by Gasteiger charge is -2.57. The van der Waals surface area contributed by atoms with E-state index in [4.69, 9.17) is 0 Å². The van der Waals surface area contributed by atoms with Crippen LogP contribution in [-0.2, 0) is 0 Å². The highest BCUT2D eigenvalue weighted by Crippen LogP contribution is 2.59. The highest BCUT2D eigenvalue weighted by atomic mass is 15.0. The van der Waals surface area contributed by atoms with Crippen molar-refractivity contribution in [3.05, 3.63) is 0 Å². The number of rotatable bonds is 7. The SMILES string of the molecule is CCCNCC(C)NCC12CC3CC(CC(C3)C1)C2. The lowest BCUT2D eigenvalue weighted by atomic mass is 9.49. The van der Waals surface area contributed by atoms with Gasteiger partial charge in [0.1, 0.15) is 0 Å². The van der Waals surface area contributed by atoms with Gasteiger partial charge in [0.25, 0.3) is 0 Å². The third-order valence-corrected chi connectivity index (χ3v) is 5.87. The fourth-order valence-electron chi connectivity index (χ4n) is 5.46. The molecule has 0 saturated heterocycles. The Balaban J connectivity index is 1.47. The summed E-state index contributed by atoms with van der Waals surface area (Å²) < 4.78 is 0. The van der Waals surface area contributed by atoms with Crippen molar-refractivity contribution in [2.24, 2.45) is 23.2 Å². The minimum atomic E-state index is 0.625. The summed E-state index contributed by atoms with van der Waals surface area (Å²) in [5.74, 6) is 3.25. The van der Waals surface area contributed by atoms with Crippen molar-refractivity contribution in [2.75, 3.05) is 19.6 Å². The van der Waals surface area contributed by atoms with E-state index in [-0.39, 0.29) is 0 Å². The van der Waals surface area contributed by atoms with Gasteiger partial charge < -0.3 is 10.6 Å². The summed E-state index contributed by atoms with van der Waals surface area (Å²) in [6, 6.07) is 0.625. The van der Waals surface area contributed by atoms with Crippen molar-refractivity contribution < 1.29 is 0 Å². The van der Waals surface area contributed by atoms with E-state index in [0.29, 0.717) is 11.5 Å². The fourth-order valence-corrected chi connectivity index (χ4v) is 5.46. The van der Waals surface area contributed by atoms with Gasteiger partial charge in [0.15, 0.2) is 0 Å². The number of hydrogen-bond donors (Lipinski definition) is 2. The maximum atomic E-state index is 3.84. The lowest BCUT2D eigenvalue weighted by molar-refractivity contribution is -0.0522. The van der Waals surface area contributed by atoms with Crippen molar-refractivity contribution in [3.8, 4) is 0 Å². The van der Waals surface area contributed by atoms with E-state index in [2.05, 4.69) is 24.5 Å². The predicted octanol–water partition coefficient (Wildman–Crippen LogP) is 3.18. The summed E-state index contributed by atoms with van der Waals surface area (Å²) in [7, 11) is 0. The maximum Gasteiger partial charge on any atom is 0.0164 e. The van der Waals surface area contributed by atoms with Crippen LogP contribution in [-0.4, -0.2) is 25.7 Å². The van der Waals surface area contributed by atoms with Crippen molar-refractivity contribution >= 4 is 0 Å². The van der Waals surface area contributed by atoms with Crippen LogP contribution in [0.4, 0.5) is 0 Å². The van der Waals surface area contributed by atoms with Crippen LogP contribution < -0.4 is 10.6 Å². The Morgan fingerprint density at radius 2 is 1.63 bits per heavy atom. The molecule has 4 bridgehead atoms. The first-order valence-electron chi connectivity index (χ1n) is 8.63. The maximum absolute atomic E-state index is 3.84. The molecule has 2 nitrogen and oxygen atoms in total. The molecule has 1 unspecified atom stereocenters. The highest BCUT2D eigenvalue weighted by Gasteiger charge is 2.50. The summed E-state index contributed by atoms with van der Waals surface area (Å²) in [6.45, 7) is 8.14. The molecule has 4 fully saturated rings. The van der Waals surface area contributed by atoms with Crippen molar-refractivity contribution in [3.63, 3.8) is 0 Å². The van der Waals surface area contributed by atoms with Crippen LogP contribution in [0.25, 0.3) is 0 Å². The minimum Gasteiger partial charge on any atom is -0.315 e. The Kier molecular flexibility index (Phi) is 4.19. The molecule has 19 heavy (non-hydrogen) atoms. The monoisotopic (exact) mass is 264 g/mol. The van der Waals surface area contributed by atoms with Crippen LogP contribution in [0.5, 0.6) is 0 Å². The topological polar surface area (TPSA) is 24.1 Å². The van der Waals surface area contributed by atoms with Crippen molar-refractivity contribution in [2.45, 2.75) is 64.8 Å². The first-order chi connectivity index (χ1) is 9.19. The van der Waals surface area contributed by atoms with Gasteiger partial charge >= 0.3 is 0 Å². The Bertz CT molecular complexity index is 264. The van der Waals surface area contributed by atoms with Crippen LogP contribution in [0, 0.1) is 23.2 Å². The zero-order valence-corrected chi connectivity index (χ0v) is 12.9. The van der Waals surface area contributed by atoms with Crippen LogP contribution in [0.3, 0.4) is 0 Å². The molecule has 0 amide bonds. The molecular weight excluding hydrogens is 232 g/mol. The molecule has 0 spiro atoms. The number of hydrogen-bond acceptors (Lipinski definition) is 2. The molecule has 0 aromatic heterocycles.